The van der Waals surface area contributed by atoms with E-state index in [2.05, 4.69) is 0 Å². The van der Waals surface area contributed by atoms with Crippen LogP contribution < -0.4 is 21.2 Å². The molecule has 4 aromatic rings. The van der Waals surface area contributed by atoms with Gasteiger partial charge in [-0.05, 0) is 35.9 Å². The molecule has 0 fully saturated rings. The number of hydrogen-bond acceptors (Lipinski definition) is 5. The van der Waals surface area contributed by atoms with Crippen molar-refractivity contribution in [2.75, 3.05) is 0 Å². The molecule has 6 nitrogen and oxygen atoms in total. The third-order valence-electron chi connectivity index (χ3n) is 4.40. The van der Waals surface area contributed by atoms with Crippen LogP contribution in [0, 0.1) is 0 Å². The summed E-state index contributed by atoms with van der Waals surface area (Å²) < 4.78 is 5.71. The lowest BCUT2D eigenvalue weighted by molar-refractivity contribution is -0.229. The first-order valence-electron chi connectivity index (χ1n) is 7.99. The number of aromatic carboxylic acids is 1. The molecule has 0 radical (unpaired) electrons. The zero-order valence-corrected chi connectivity index (χ0v) is 13.8. The van der Waals surface area contributed by atoms with E-state index in [1.807, 2.05) is 0 Å². The van der Waals surface area contributed by atoms with Gasteiger partial charge in [-0.1, -0.05) is 18.2 Å². The fourth-order valence-electron chi connectivity index (χ4n) is 3.23. The van der Waals surface area contributed by atoms with Gasteiger partial charge in [0.15, 0.2) is 10.9 Å². The Morgan fingerprint density at radius 2 is 1.74 bits per heavy atom. The van der Waals surface area contributed by atoms with Crippen molar-refractivity contribution in [3.63, 3.8) is 0 Å². The van der Waals surface area contributed by atoms with E-state index in [4.69, 9.17) is 4.42 Å². The molecule has 1 aromatic heterocycles. The number of carboxylic acid groups (broad SMARTS) is 1. The molecule has 0 aliphatic carbocycles. The van der Waals surface area contributed by atoms with Crippen LogP contribution in [-0.4, -0.2) is 11.1 Å². The highest BCUT2D eigenvalue weighted by molar-refractivity contribution is 6.11. The summed E-state index contributed by atoms with van der Waals surface area (Å²) in [6, 6.07) is 13.3. The minimum Gasteiger partial charge on any atom is -0.877 e. The van der Waals surface area contributed by atoms with E-state index in [1.165, 1.54) is 30.3 Å². The van der Waals surface area contributed by atoms with E-state index >= 15 is 0 Å². The van der Waals surface area contributed by atoms with Crippen molar-refractivity contribution in [3.05, 3.63) is 85.8 Å². The predicted octanol–water partition coefficient (Wildman–Crippen LogP) is 1.49. The molecule has 0 aliphatic rings. The van der Waals surface area contributed by atoms with Crippen molar-refractivity contribution in [1.82, 2.24) is 0 Å². The summed E-state index contributed by atoms with van der Waals surface area (Å²) in [7, 11) is 0. The Morgan fingerprint density at radius 1 is 1.00 bits per heavy atom. The van der Waals surface area contributed by atoms with E-state index in [-0.39, 0.29) is 27.4 Å². The third kappa shape index (κ3) is 2.55. The third-order valence-corrected chi connectivity index (χ3v) is 4.40. The van der Waals surface area contributed by atoms with Crippen LogP contribution in [-0.2, 0) is 0 Å². The second kappa shape index (κ2) is 6.10. The van der Waals surface area contributed by atoms with Gasteiger partial charge >= 0.3 is 5.97 Å². The van der Waals surface area contributed by atoms with E-state index in [0.29, 0.717) is 28.2 Å². The van der Waals surface area contributed by atoms with Crippen molar-refractivity contribution in [3.8, 4) is 11.1 Å². The van der Waals surface area contributed by atoms with E-state index < -0.39 is 11.4 Å². The van der Waals surface area contributed by atoms with Gasteiger partial charge in [0.2, 0.25) is 0 Å². The molecule has 0 unspecified atom stereocenters. The van der Waals surface area contributed by atoms with Gasteiger partial charge in [-0.25, -0.2) is 4.79 Å². The standard InChI is InChI=1S/C21H12O6/c22-10-16-17(24)8-7-15-19(12-3-1-2-4-13(12)21(25)26)14-6-5-11(23)9-18(14)27-20(15)16/h1-10,22H,(H,25,26)/p-1. The number of benzene rings is 3. The molecule has 1 N–H and O–H groups in total. The summed E-state index contributed by atoms with van der Waals surface area (Å²) in [5.41, 5.74) is 0.281. The lowest BCUT2D eigenvalue weighted by atomic mass is 9.93. The van der Waals surface area contributed by atoms with Gasteiger partial charge in [-0.3, -0.25) is 9.59 Å². The molecule has 132 valence electrons. The average molecular weight is 359 g/mol. The van der Waals surface area contributed by atoms with Crippen LogP contribution in [0.5, 0.6) is 0 Å². The summed E-state index contributed by atoms with van der Waals surface area (Å²) in [6.07, 6.45) is 0.397. The Bertz CT molecular complexity index is 1400. The van der Waals surface area contributed by atoms with Gasteiger partial charge in [0.05, 0.1) is 10.8 Å². The Hall–Kier alpha value is -3.93. The number of carbonyl (C=O) groups is 1. The molecule has 0 atom stereocenters. The highest BCUT2D eigenvalue weighted by Crippen LogP contribution is 2.36. The van der Waals surface area contributed by atoms with E-state index in [1.54, 1.807) is 24.3 Å². The molecular formula is C21H11O6-. The Labute approximate surface area is 151 Å². The minimum atomic E-state index is -1.12. The van der Waals surface area contributed by atoms with Crippen LogP contribution in [0.4, 0.5) is 0 Å². The fourth-order valence-corrected chi connectivity index (χ4v) is 3.23. The Kier molecular flexibility index (Phi) is 3.74. The summed E-state index contributed by atoms with van der Waals surface area (Å²) in [6.45, 7) is 0. The zero-order chi connectivity index (χ0) is 19.1. The van der Waals surface area contributed by atoms with Gasteiger partial charge in [0.1, 0.15) is 11.2 Å². The van der Waals surface area contributed by atoms with Crippen LogP contribution >= 0.6 is 0 Å². The summed E-state index contributed by atoms with van der Waals surface area (Å²) in [4.78, 5) is 35.5. The topological polar surface area (TPSA) is 108 Å². The Balaban J connectivity index is 2.34. The molecule has 0 amide bonds. The van der Waals surface area contributed by atoms with Gasteiger partial charge in [-0.15, -0.1) is 6.26 Å². The van der Waals surface area contributed by atoms with Crippen molar-refractivity contribution in [2.24, 2.45) is 0 Å². The summed E-state index contributed by atoms with van der Waals surface area (Å²) in [5, 5.41) is 21.8. The van der Waals surface area contributed by atoms with Crippen LogP contribution in [0.1, 0.15) is 10.4 Å². The quantitative estimate of drug-likeness (QED) is 0.543. The van der Waals surface area contributed by atoms with Crippen molar-refractivity contribution in [1.29, 1.82) is 0 Å². The van der Waals surface area contributed by atoms with E-state index in [9.17, 15) is 24.6 Å². The molecule has 6 heteroatoms. The molecule has 27 heavy (non-hydrogen) atoms. The number of fused-ring (bicyclic) bond motifs is 2. The first-order chi connectivity index (χ1) is 13.0. The Morgan fingerprint density at radius 3 is 2.48 bits per heavy atom. The van der Waals surface area contributed by atoms with Crippen molar-refractivity contribution >= 4 is 34.2 Å². The lowest BCUT2D eigenvalue weighted by Crippen LogP contribution is -2.26. The maximum atomic E-state index is 12.0. The second-order valence-corrected chi connectivity index (χ2v) is 5.96. The number of rotatable bonds is 2. The van der Waals surface area contributed by atoms with Gasteiger partial charge in [0, 0.05) is 22.4 Å². The van der Waals surface area contributed by atoms with E-state index in [0.717, 1.165) is 0 Å². The molecule has 4 rings (SSSR count). The molecular weight excluding hydrogens is 348 g/mol. The first kappa shape index (κ1) is 16.5. The fraction of sp³-hybridized carbons (Fsp3) is 0. The second-order valence-electron chi connectivity index (χ2n) is 5.96. The monoisotopic (exact) mass is 359 g/mol. The average Bonchev–Trinajstić information content (AvgIpc) is 2.66. The van der Waals surface area contributed by atoms with Crippen LogP contribution in [0.25, 0.3) is 39.3 Å². The zero-order valence-electron chi connectivity index (χ0n) is 13.8. The molecule has 0 spiro atoms. The maximum absolute atomic E-state index is 12.0. The van der Waals surface area contributed by atoms with Gasteiger partial charge < -0.3 is 14.6 Å². The van der Waals surface area contributed by atoms with Gasteiger partial charge in [0.25, 0.3) is 0 Å². The molecule has 1 heterocycles. The normalized spacial score (nSPS) is 11.9. The molecule has 0 bridgehead atoms. The summed E-state index contributed by atoms with van der Waals surface area (Å²) in [5.74, 6) is -1.12. The highest BCUT2D eigenvalue weighted by atomic mass is 16.4. The van der Waals surface area contributed by atoms with Crippen molar-refractivity contribution in [2.45, 2.75) is 0 Å². The van der Waals surface area contributed by atoms with Gasteiger partial charge in [-0.2, -0.15) is 0 Å². The molecule has 3 aromatic carbocycles. The lowest BCUT2D eigenvalue weighted by Gasteiger charge is -2.13. The predicted molar refractivity (Wildman–Crippen MR) is 98.3 cm³/mol. The van der Waals surface area contributed by atoms with Crippen LogP contribution in [0.2, 0.25) is 0 Å². The SMILES string of the molecule is O=C(O)c1ccccc1-c1c2ccc(=O)cc2oc2c(=C[O-])c(=O)ccc12. The molecule has 0 saturated heterocycles. The number of hydrogen-bond donors (Lipinski definition) is 1. The molecule has 0 saturated carbocycles. The maximum Gasteiger partial charge on any atom is 0.336 e. The van der Waals surface area contributed by atoms with Crippen LogP contribution in [0.15, 0.2) is 68.6 Å². The minimum absolute atomic E-state index is 0.0193. The largest absolute Gasteiger partial charge is 0.877 e. The molecule has 0 aliphatic heterocycles. The van der Waals surface area contributed by atoms with Crippen molar-refractivity contribution < 1.29 is 19.4 Å². The summed E-state index contributed by atoms with van der Waals surface area (Å²) >= 11 is 0. The van der Waals surface area contributed by atoms with Crippen LogP contribution in [0.3, 0.4) is 0 Å². The first-order valence-corrected chi connectivity index (χ1v) is 7.99. The smallest absolute Gasteiger partial charge is 0.336 e. The number of carboxylic acids is 1. The highest BCUT2D eigenvalue weighted by Gasteiger charge is 2.18.